The Morgan fingerprint density at radius 2 is 1.92 bits per heavy atom. The lowest BCUT2D eigenvalue weighted by Gasteiger charge is -1.99. The standard InChI is InChI=1S/C11H13NO/c1-9(8-11(13)12-2)10-6-4-3-5-7-10/h3-8H,1-2H3,(H,12,13)/b9-8-. The van der Waals surface area contributed by atoms with E-state index in [1.165, 1.54) is 0 Å². The molecule has 0 spiro atoms. The summed E-state index contributed by atoms with van der Waals surface area (Å²) in [6.45, 7) is 1.92. The average molecular weight is 175 g/mol. The molecule has 1 aromatic rings. The highest BCUT2D eigenvalue weighted by Gasteiger charge is 1.96. The third-order valence-corrected chi connectivity index (χ3v) is 1.82. The smallest absolute Gasteiger partial charge is 0.244 e. The largest absolute Gasteiger partial charge is 0.356 e. The Labute approximate surface area is 78.3 Å². The molecule has 0 atom stereocenters. The van der Waals surface area contributed by atoms with Crippen LogP contribution in [0, 0.1) is 0 Å². The van der Waals surface area contributed by atoms with Crippen LogP contribution in [0.5, 0.6) is 0 Å². The van der Waals surface area contributed by atoms with E-state index >= 15 is 0 Å². The van der Waals surface area contributed by atoms with Crippen LogP contribution in [0.3, 0.4) is 0 Å². The summed E-state index contributed by atoms with van der Waals surface area (Å²) < 4.78 is 0. The molecule has 0 fully saturated rings. The summed E-state index contributed by atoms with van der Waals surface area (Å²) in [6.07, 6.45) is 1.59. The highest BCUT2D eigenvalue weighted by molar-refractivity contribution is 5.94. The predicted molar refractivity (Wildman–Crippen MR) is 54.2 cm³/mol. The topological polar surface area (TPSA) is 29.1 Å². The minimum atomic E-state index is -0.0682. The number of nitrogens with one attached hydrogen (secondary N) is 1. The molecule has 2 heteroatoms. The number of hydrogen-bond acceptors (Lipinski definition) is 1. The van der Waals surface area contributed by atoms with Crippen LogP contribution in [0.15, 0.2) is 36.4 Å². The van der Waals surface area contributed by atoms with Gasteiger partial charge in [0.1, 0.15) is 0 Å². The lowest BCUT2D eigenvalue weighted by molar-refractivity contribution is -0.116. The van der Waals surface area contributed by atoms with Crippen molar-refractivity contribution in [3.63, 3.8) is 0 Å². The first-order valence-corrected chi connectivity index (χ1v) is 4.19. The maximum absolute atomic E-state index is 11.0. The molecule has 0 aliphatic heterocycles. The van der Waals surface area contributed by atoms with E-state index < -0.39 is 0 Å². The Balaban J connectivity index is 2.85. The first kappa shape index (κ1) is 9.52. The summed E-state index contributed by atoms with van der Waals surface area (Å²) in [5, 5.41) is 2.55. The Kier molecular flexibility index (Phi) is 3.26. The highest BCUT2D eigenvalue weighted by Crippen LogP contribution is 2.11. The third-order valence-electron chi connectivity index (χ3n) is 1.82. The van der Waals surface area contributed by atoms with Gasteiger partial charge < -0.3 is 5.32 Å². The van der Waals surface area contributed by atoms with Crippen LogP contribution >= 0.6 is 0 Å². The Bertz CT molecular complexity index is 314. The molecule has 0 radical (unpaired) electrons. The molecule has 1 rings (SSSR count). The Morgan fingerprint density at radius 3 is 2.46 bits per heavy atom. The van der Waals surface area contributed by atoms with Crippen LogP contribution in [0.2, 0.25) is 0 Å². The molecule has 0 aliphatic carbocycles. The number of amides is 1. The molecule has 1 aromatic carbocycles. The van der Waals surface area contributed by atoms with Crippen LogP contribution in [0.25, 0.3) is 5.57 Å². The number of carbonyl (C=O) groups excluding carboxylic acids is 1. The molecule has 0 saturated carbocycles. The number of likely N-dealkylation sites (N-methyl/N-ethyl adjacent to an activating group) is 1. The molecular formula is C11H13NO. The van der Waals surface area contributed by atoms with E-state index in [9.17, 15) is 4.79 Å². The molecule has 0 saturated heterocycles. The summed E-state index contributed by atoms with van der Waals surface area (Å²) in [7, 11) is 1.62. The van der Waals surface area contributed by atoms with Gasteiger partial charge in [0.05, 0.1) is 0 Å². The SMILES string of the molecule is CNC(=O)/C=C(/C)c1ccccc1. The minimum Gasteiger partial charge on any atom is -0.356 e. The number of hydrogen-bond donors (Lipinski definition) is 1. The van der Waals surface area contributed by atoms with Crippen molar-refractivity contribution in [2.24, 2.45) is 0 Å². The van der Waals surface area contributed by atoms with Gasteiger partial charge >= 0.3 is 0 Å². The number of carbonyl (C=O) groups is 1. The molecule has 0 aliphatic rings. The number of rotatable bonds is 2. The van der Waals surface area contributed by atoms with Gasteiger partial charge in [-0.1, -0.05) is 30.3 Å². The van der Waals surface area contributed by atoms with Gasteiger partial charge in [0.25, 0.3) is 0 Å². The molecule has 0 unspecified atom stereocenters. The highest BCUT2D eigenvalue weighted by atomic mass is 16.1. The average Bonchev–Trinajstić information content (AvgIpc) is 2.19. The molecule has 0 bridgehead atoms. The van der Waals surface area contributed by atoms with Gasteiger partial charge in [0.15, 0.2) is 0 Å². The molecule has 1 N–H and O–H groups in total. The maximum Gasteiger partial charge on any atom is 0.244 e. The van der Waals surface area contributed by atoms with Crippen molar-refractivity contribution in [2.75, 3.05) is 7.05 Å². The Hall–Kier alpha value is -1.57. The fourth-order valence-corrected chi connectivity index (χ4v) is 1.05. The molecule has 13 heavy (non-hydrogen) atoms. The fourth-order valence-electron chi connectivity index (χ4n) is 1.05. The zero-order valence-corrected chi connectivity index (χ0v) is 7.87. The van der Waals surface area contributed by atoms with Gasteiger partial charge in [0.2, 0.25) is 5.91 Å². The molecule has 1 amide bonds. The van der Waals surface area contributed by atoms with Crippen LogP contribution in [0.4, 0.5) is 0 Å². The molecule has 0 heterocycles. The summed E-state index contributed by atoms with van der Waals surface area (Å²) >= 11 is 0. The van der Waals surface area contributed by atoms with Gasteiger partial charge in [-0.3, -0.25) is 4.79 Å². The molecular weight excluding hydrogens is 162 g/mol. The zero-order valence-electron chi connectivity index (χ0n) is 7.87. The first-order valence-electron chi connectivity index (χ1n) is 4.19. The predicted octanol–water partition coefficient (Wildman–Crippen LogP) is 1.84. The van der Waals surface area contributed by atoms with E-state index in [-0.39, 0.29) is 5.91 Å². The second-order valence-electron chi connectivity index (χ2n) is 2.81. The van der Waals surface area contributed by atoms with Crippen molar-refractivity contribution >= 4 is 11.5 Å². The van der Waals surface area contributed by atoms with Crippen molar-refractivity contribution in [3.8, 4) is 0 Å². The molecule has 68 valence electrons. The van der Waals surface area contributed by atoms with Gasteiger partial charge in [-0.15, -0.1) is 0 Å². The normalized spacial score (nSPS) is 11.1. The van der Waals surface area contributed by atoms with E-state index in [2.05, 4.69) is 5.32 Å². The van der Waals surface area contributed by atoms with Gasteiger partial charge in [-0.05, 0) is 18.1 Å². The van der Waals surface area contributed by atoms with E-state index in [1.54, 1.807) is 13.1 Å². The van der Waals surface area contributed by atoms with Crippen LogP contribution in [-0.4, -0.2) is 13.0 Å². The quantitative estimate of drug-likeness (QED) is 0.683. The van der Waals surface area contributed by atoms with Crippen LogP contribution in [0.1, 0.15) is 12.5 Å². The number of benzene rings is 1. The van der Waals surface area contributed by atoms with Crippen molar-refractivity contribution < 1.29 is 4.79 Å². The van der Waals surface area contributed by atoms with E-state index in [0.717, 1.165) is 11.1 Å². The lowest BCUT2D eigenvalue weighted by Crippen LogP contribution is -2.14. The summed E-state index contributed by atoms with van der Waals surface area (Å²) in [6, 6.07) is 9.83. The third kappa shape index (κ3) is 2.75. The van der Waals surface area contributed by atoms with Crippen LogP contribution in [-0.2, 0) is 4.79 Å². The lowest BCUT2D eigenvalue weighted by atomic mass is 10.1. The van der Waals surface area contributed by atoms with Crippen molar-refractivity contribution in [1.82, 2.24) is 5.32 Å². The van der Waals surface area contributed by atoms with Crippen molar-refractivity contribution in [3.05, 3.63) is 42.0 Å². The van der Waals surface area contributed by atoms with E-state index in [4.69, 9.17) is 0 Å². The summed E-state index contributed by atoms with van der Waals surface area (Å²) in [5.74, 6) is -0.0682. The Morgan fingerprint density at radius 1 is 1.31 bits per heavy atom. The van der Waals surface area contributed by atoms with Crippen molar-refractivity contribution in [1.29, 1.82) is 0 Å². The van der Waals surface area contributed by atoms with Crippen molar-refractivity contribution in [2.45, 2.75) is 6.92 Å². The van der Waals surface area contributed by atoms with Gasteiger partial charge in [0, 0.05) is 13.1 Å². The maximum atomic E-state index is 11.0. The zero-order chi connectivity index (χ0) is 9.68. The second-order valence-corrected chi connectivity index (χ2v) is 2.81. The number of allylic oxidation sites excluding steroid dienone is 1. The van der Waals surface area contributed by atoms with E-state index in [0.29, 0.717) is 0 Å². The van der Waals surface area contributed by atoms with Crippen LogP contribution < -0.4 is 5.32 Å². The summed E-state index contributed by atoms with van der Waals surface area (Å²) in [4.78, 5) is 11.0. The molecule has 2 nitrogen and oxygen atoms in total. The van der Waals surface area contributed by atoms with E-state index in [1.807, 2.05) is 37.3 Å². The molecule has 0 aromatic heterocycles. The fraction of sp³-hybridized carbons (Fsp3) is 0.182. The first-order chi connectivity index (χ1) is 6.24. The summed E-state index contributed by atoms with van der Waals surface area (Å²) in [5.41, 5.74) is 2.05. The van der Waals surface area contributed by atoms with Gasteiger partial charge in [-0.2, -0.15) is 0 Å². The second kappa shape index (κ2) is 4.45. The minimum absolute atomic E-state index is 0.0682. The van der Waals surface area contributed by atoms with Gasteiger partial charge in [-0.25, -0.2) is 0 Å². The monoisotopic (exact) mass is 175 g/mol.